The molecule has 0 spiro atoms. The Morgan fingerprint density at radius 3 is 2.25 bits per heavy atom. The van der Waals surface area contributed by atoms with Gasteiger partial charge in [0.15, 0.2) is 0 Å². The van der Waals surface area contributed by atoms with E-state index in [1.807, 2.05) is 13.8 Å². The average Bonchev–Trinajstić information content (AvgIpc) is 2.16. The Morgan fingerprint density at radius 1 is 1.25 bits per heavy atom. The van der Waals surface area contributed by atoms with Crippen LogP contribution in [0.2, 0.25) is 0 Å². The number of nitrogens with one attached hydrogen (secondary N) is 1. The van der Waals surface area contributed by atoms with Gasteiger partial charge < -0.3 is 4.74 Å². The van der Waals surface area contributed by atoms with Crippen molar-refractivity contribution < 1.29 is 13.5 Å². The number of halogens is 2. The third-order valence-electron chi connectivity index (χ3n) is 2.08. The minimum Gasteiger partial charge on any atom is -0.377 e. The van der Waals surface area contributed by atoms with Gasteiger partial charge in [-0.1, -0.05) is 0 Å². The first kappa shape index (κ1) is 13.0. The van der Waals surface area contributed by atoms with E-state index in [0.717, 1.165) is 6.07 Å². The zero-order valence-corrected chi connectivity index (χ0v) is 9.34. The molecule has 5 heteroatoms. The molecule has 1 unspecified atom stereocenters. The van der Waals surface area contributed by atoms with Gasteiger partial charge in [-0.15, -0.1) is 0 Å². The lowest BCUT2D eigenvalue weighted by Gasteiger charge is -2.18. The highest BCUT2D eigenvalue weighted by atomic mass is 19.1. The van der Waals surface area contributed by atoms with Crippen LogP contribution in [0.25, 0.3) is 0 Å². The van der Waals surface area contributed by atoms with Crippen molar-refractivity contribution in [3.63, 3.8) is 0 Å². The van der Waals surface area contributed by atoms with Crippen LogP contribution >= 0.6 is 0 Å². The van der Waals surface area contributed by atoms with Crippen LogP contribution in [0.15, 0.2) is 18.2 Å². The monoisotopic (exact) mass is 230 g/mol. The van der Waals surface area contributed by atoms with E-state index in [0.29, 0.717) is 5.56 Å². The maximum Gasteiger partial charge on any atom is 0.126 e. The molecule has 0 heterocycles. The summed E-state index contributed by atoms with van der Waals surface area (Å²) in [5.74, 6) is 4.07. The molecule has 0 bridgehead atoms. The molecule has 0 saturated carbocycles. The SMILES string of the molecule is CC(C)OCC(NN)c1cc(F)cc(F)c1. The largest absolute Gasteiger partial charge is 0.377 e. The van der Waals surface area contributed by atoms with Crippen LogP contribution in [0, 0.1) is 11.6 Å². The quantitative estimate of drug-likeness (QED) is 0.600. The maximum absolute atomic E-state index is 13.0. The summed E-state index contributed by atoms with van der Waals surface area (Å²) in [6, 6.07) is 2.86. The fourth-order valence-corrected chi connectivity index (χ4v) is 1.31. The zero-order valence-electron chi connectivity index (χ0n) is 9.34. The molecule has 3 nitrogen and oxygen atoms in total. The summed E-state index contributed by atoms with van der Waals surface area (Å²) in [6.07, 6.45) is 0.0363. The molecule has 0 fully saturated rings. The number of hydrogen-bond donors (Lipinski definition) is 2. The summed E-state index contributed by atoms with van der Waals surface area (Å²) >= 11 is 0. The molecule has 0 aliphatic carbocycles. The molecule has 90 valence electrons. The Bertz CT molecular complexity index is 325. The van der Waals surface area contributed by atoms with Crippen molar-refractivity contribution in [3.8, 4) is 0 Å². The Labute approximate surface area is 93.6 Å². The molecule has 0 amide bonds. The number of hydrogen-bond acceptors (Lipinski definition) is 3. The highest BCUT2D eigenvalue weighted by molar-refractivity contribution is 5.21. The Hall–Kier alpha value is -1.04. The first-order valence-electron chi connectivity index (χ1n) is 5.06. The van der Waals surface area contributed by atoms with E-state index in [1.165, 1.54) is 12.1 Å². The van der Waals surface area contributed by atoms with E-state index in [1.54, 1.807) is 0 Å². The summed E-state index contributed by atoms with van der Waals surface area (Å²) in [5.41, 5.74) is 2.90. The number of nitrogens with two attached hydrogens (primary N) is 1. The van der Waals surface area contributed by atoms with Gasteiger partial charge in [0.1, 0.15) is 11.6 Å². The van der Waals surface area contributed by atoms with Crippen LogP contribution in [0.1, 0.15) is 25.5 Å². The lowest BCUT2D eigenvalue weighted by Crippen LogP contribution is -2.32. The Kier molecular flexibility index (Phi) is 4.79. The van der Waals surface area contributed by atoms with E-state index in [-0.39, 0.29) is 12.7 Å². The molecule has 0 radical (unpaired) electrons. The first-order chi connectivity index (χ1) is 7.52. The lowest BCUT2D eigenvalue weighted by molar-refractivity contribution is 0.0610. The second kappa shape index (κ2) is 5.89. The van der Waals surface area contributed by atoms with E-state index in [9.17, 15) is 8.78 Å². The summed E-state index contributed by atoms with van der Waals surface area (Å²) in [6.45, 7) is 4.01. The average molecular weight is 230 g/mol. The molecule has 1 aromatic rings. The van der Waals surface area contributed by atoms with Crippen molar-refractivity contribution in [1.29, 1.82) is 0 Å². The third kappa shape index (κ3) is 3.84. The van der Waals surface area contributed by atoms with Crippen molar-refractivity contribution in [3.05, 3.63) is 35.4 Å². The molecule has 16 heavy (non-hydrogen) atoms. The summed E-state index contributed by atoms with van der Waals surface area (Å²) < 4.78 is 31.3. The standard InChI is InChI=1S/C11H16F2N2O/c1-7(2)16-6-11(15-14)8-3-9(12)5-10(13)4-8/h3-5,7,11,15H,6,14H2,1-2H3. The van der Waals surface area contributed by atoms with E-state index in [4.69, 9.17) is 10.6 Å². The second-order valence-electron chi connectivity index (χ2n) is 3.80. The minimum absolute atomic E-state index is 0.0363. The van der Waals surface area contributed by atoms with Crippen molar-refractivity contribution in [2.45, 2.75) is 26.0 Å². The second-order valence-corrected chi connectivity index (χ2v) is 3.80. The molecule has 0 aromatic heterocycles. The van der Waals surface area contributed by atoms with Crippen molar-refractivity contribution in [2.24, 2.45) is 5.84 Å². The molecular weight excluding hydrogens is 214 g/mol. The molecule has 1 rings (SSSR count). The molecule has 0 saturated heterocycles. The first-order valence-corrected chi connectivity index (χ1v) is 5.06. The number of ether oxygens (including phenoxy) is 1. The van der Waals surface area contributed by atoms with Crippen molar-refractivity contribution in [2.75, 3.05) is 6.61 Å². The molecule has 0 aliphatic rings. The highest BCUT2D eigenvalue weighted by Gasteiger charge is 2.13. The van der Waals surface area contributed by atoms with Crippen LogP contribution in [0.4, 0.5) is 8.78 Å². The van der Waals surface area contributed by atoms with E-state index >= 15 is 0 Å². The Morgan fingerprint density at radius 2 is 1.81 bits per heavy atom. The molecular formula is C11H16F2N2O. The number of benzene rings is 1. The molecule has 3 N–H and O–H groups in total. The molecule has 1 aromatic carbocycles. The third-order valence-corrected chi connectivity index (χ3v) is 2.08. The normalized spacial score (nSPS) is 13.1. The van der Waals surface area contributed by atoms with Gasteiger partial charge in [0.05, 0.1) is 18.8 Å². The predicted molar refractivity (Wildman–Crippen MR) is 57.5 cm³/mol. The minimum atomic E-state index is -0.625. The van der Waals surface area contributed by atoms with E-state index in [2.05, 4.69) is 5.43 Å². The smallest absolute Gasteiger partial charge is 0.126 e. The van der Waals surface area contributed by atoms with Gasteiger partial charge in [0.2, 0.25) is 0 Å². The topological polar surface area (TPSA) is 47.3 Å². The van der Waals surface area contributed by atoms with Crippen molar-refractivity contribution >= 4 is 0 Å². The van der Waals surface area contributed by atoms with Gasteiger partial charge in [-0.2, -0.15) is 0 Å². The van der Waals surface area contributed by atoms with Gasteiger partial charge in [-0.3, -0.25) is 11.3 Å². The number of hydrazine groups is 1. The lowest BCUT2D eigenvalue weighted by atomic mass is 10.1. The predicted octanol–water partition coefficient (Wildman–Crippen LogP) is 1.89. The molecule has 1 atom stereocenters. The van der Waals surface area contributed by atoms with Gasteiger partial charge in [0.25, 0.3) is 0 Å². The van der Waals surface area contributed by atoms with Gasteiger partial charge in [-0.05, 0) is 31.5 Å². The Balaban J connectivity index is 2.78. The summed E-state index contributed by atoms with van der Waals surface area (Å²) in [7, 11) is 0. The fourth-order valence-electron chi connectivity index (χ4n) is 1.31. The number of rotatable bonds is 5. The van der Waals surface area contributed by atoms with Crippen molar-refractivity contribution in [1.82, 2.24) is 5.43 Å². The van der Waals surface area contributed by atoms with Crippen LogP contribution in [0.5, 0.6) is 0 Å². The maximum atomic E-state index is 13.0. The van der Waals surface area contributed by atoms with Gasteiger partial charge in [-0.25, -0.2) is 8.78 Å². The van der Waals surface area contributed by atoms with Crippen LogP contribution in [0.3, 0.4) is 0 Å². The van der Waals surface area contributed by atoms with Gasteiger partial charge in [0, 0.05) is 6.07 Å². The van der Waals surface area contributed by atoms with Crippen LogP contribution in [-0.4, -0.2) is 12.7 Å². The van der Waals surface area contributed by atoms with Crippen LogP contribution < -0.4 is 11.3 Å². The van der Waals surface area contributed by atoms with E-state index < -0.39 is 17.7 Å². The van der Waals surface area contributed by atoms with Gasteiger partial charge >= 0.3 is 0 Å². The highest BCUT2D eigenvalue weighted by Crippen LogP contribution is 2.16. The zero-order chi connectivity index (χ0) is 12.1. The summed E-state index contributed by atoms with van der Waals surface area (Å²) in [5, 5.41) is 0. The molecule has 0 aliphatic heterocycles. The van der Waals surface area contributed by atoms with Crippen LogP contribution in [-0.2, 0) is 4.74 Å². The summed E-state index contributed by atoms with van der Waals surface area (Å²) in [4.78, 5) is 0. The fraction of sp³-hybridized carbons (Fsp3) is 0.455.